The summed E-state index contributed by atoms with van der Waals surface area (Å²) in [7, 11) is 0. The Morgan fingerprint density at radius 2 is 2.11 bits per heavy atom. The second-order valence-corrected chi connectivity index (χ2v) is 5.48. The Morgan fingerprint density at radius 3 is 2.78 bits per heavy atom. The molecule has 0 atom stereocenters. The number of nitrogens with zero attached hydrogens (tertiary/aromatic N) is 5. The van der Waals surface area contributed by atoms with Crippen LogP contribution in [0.5, 0.6) is 0 Å². The van der Waals surface area contributed by atoms with Crippen molar-refractivity contribution in [2.24, 2.45) is 5.92 Å². The van der Waals surface area contributed by atoms with Crippen LogP contribution in [-0.4, -0.2) is 43.4 Å². The van der Waals surface area contributed by atoms with Gasteiger partial charge in [-0.3, -0.25) is 0 Å². The quantitative estimate of drug-likeness (QED) is 0.843. The van der Waals surface area contributed by atoms with Crippen LogP contribution in [0, 0.1) is 12.8 Å². The number of aryl methyl sites for hydroxylation is 1. The van der Waals surface area contributed by atoms with E-state index in [1.165, 1.54) is 6.33 Å². The Hall–Kier alpha value is -1.69. The first kappa shape index (κ1) is 11.4. The molecule has 18 heavy (non-hydrogen) atoms. The lowest BCUT2D eigenvalue weighted by Gasteiger charge is -2.46. The molecule has 0 amide bonds. The van der Waals surface area contributed by atoms with Crippen LogP contribution in [0.1, 0.15) is 19.5 Å². The molecule has 0 saturated carbocycles. The van der Waals surface area contributed by atoms with Crippen molar-refractivity contribution < 1.29 is 5.11 Å². The zero-order chi connectivity index (χ0) is 12.9. The summed E-state index contributed by atoms with van der Waals surface area (Å²) in [6, 6.07) is 2.00. The van der Waals surface area contributed by atoms with Crippen LogP contribution in [0.2, 0.25) is 0 Å². The Labute approximate surface area is 105 Å². The van der Waals surface area contributed by atoms with Gasteiger partial charge in [0.2, 0.25) is 0 Å². The van der Waals surface area contributed by atoms with Gasteiger partial charge in [0.05, 0.1) is 5.60 Å². The van der Waals surface area contributed by atoms with Crippen molar-refractivity contribution in [3.05, 3.63) is 18.1 Å². The first-order valence-electron chi connectivity index (χ1n) is 6.10. The van der Waals surface area contributed by atoms with Crippen LogP contribution in [0.3, 0.4) is 0 Å². The van der Waals surface area contributed by atoms with Crippen LogP contribution in [-0.2, 0) is 0 Å². The molecule has 0 aliphatic carbocycles. The maximum absolute atomic E-state index is 9.96. The summed E-state index contributed by atoms with van der Waals surface area (Å²) >= 11 is 0. The molecule has 1 aliphatic rings. The fourth-order valence-corrected chi connectivity index (χ4v) is 2.25. The molecule has 0 radical (unpaired) electrons. The van der Waals surface area contributed by atoms with Gasteiger partial charge in [0, 0.05) is 30.8 Å². The molecule has 6 nitrogen and oxygen atoms in total. The summed E-state index contributed by atoms with van der Waals surface area (Å²) < 4.78 is 1.74. The molecule has 96 valence electrons. The molecular formula is C12H17N5O. The van der Waals surface area contributed by atoms with E-state index >= 15 is 0 Å². The van der Waals surface area contributed by atoms with Crippen LogP contribution in [0.25, 0.3) is 5.78 Å². The number of aromatic nitrogens is 4. The normalized spacial score (nSPS) is 17.2. The fourth-order valence-electron chi connectivity index (χ4n) is 2.25. The molecule has 3 heterocycles. The lowest BCUT2D eigenvalue weighted by Crippen LogP contribution is -2.56. The monoisotopic (exact) mass is 247 g/mol. The first-order chi connectivity index (χ1) is 8.45. The summed E-state index contributed by atoms with van der Waals surface area (Å²) in [6.07, 6.45) is 1.51. The SMILES string of the molecule is Cc1cc(N2CC(C(C)(C)O)C2)n2ncnc2n1. The molecule has 1 fully saturated rings. The molecule has 1 aliphatic heterocycles. The van der Waals surface area contributed by atoms with E-state index in [0.29, 0.717) is 11.7 Å². The van der Waals surface area contributed by atoms with E-state index in [-0.39, 0.29) is 0 Å². The van der Waals surface area contributed by atoms with Crippen LogP contribution >= 0.6 is 0 Å². The minimum atomic E-state index is -0.625. The first-order valence-corrected chi connectivity index (χ1v) is 6.10. The van der Waals surface area contributed by atoms with Crippen molar-refractivity contribution in [3.63, 3.8) is 0 Å². The van der Waals surface area contributed by atoms with Crippen molar-refractivity contribution in [2.45, 2.75) is 26.4 Å². The van der Waals surface area contributed by atoms with Gasteiger partial charge < -0.3 is 10.0 Å². The van der Waals surface area contributed by atoms with Crippen LogP contribution in [0.4, 0.5) is 5.82 Å². The maximum Gasteiger partial charge on any atom is 0.254 e. The number of anilines is 1. The number of fused-ring (bicyclic) bond motifs is 1. The molecule has 0 aromatic carbocycles. The average molecular weight is 247 g/mol. The van der Waals surface area contributed by atoms with E-state index in [1.807, 2.05) is 26.8 Å². The smallest absolute Gasteiger partial charge is 0.254 e. The van der Waals surface area contributed by atoms with E-state index < -0.39 is 5.60 Å². The fraction of sp³-hybridized carbons (Fsp3) is 0.583. The molecule has 0 spiro atoms. The molecule has 0 unspecified atom stereocenters. The molecular weight excluding hydrogens is 230 g/mol. The van der Waals surface area contributed by atoms with Gasteiger partial charge in [-0.15, -0.1) is 0 Å². The van der Waals surface area contributed by atoms with Gasteiger partial charge in [-0.2, -0.15) is 14.6 Å². The largest absolute Gasteiger partial charge is 0.390 e. The van der Waals surface area contributed by atoms with E-state index in [0.717, 1.165) is 24.6 Å². The van der Waals surface area contributed by atoms with Gasteiger partial charge in [0.15, 0.2) is 0 Å². The van der Waals surface area contributed by atoms with Gasteiger partial charge in [-0.25, -0.2) is 4.98 Å². The lowest BCUT2D eigenvalue weighted by molar-refractivity contribution is 0.00427. The van der Waals surface area contributed by atoms with Crippen LogP contribution in [0.15, 0.2) is 12.4 Å². The number of aliphatic hydroxyl groups is 1. The predicted molar refractivity (Wildman–Crippen MR) is 67.5 cm³/mol. The van der Waals surface area contributed by atoms with Gasteiger partial charge in [-0.1, -0.05) is 0 Å². The molecule has 1 saturated heterocycles. The van der Waals surface area contributed by atoms with Crippen LogP contribution < -0.4 is 4.90 Å². The van der Waals surface area contributed by atoms with Crippen molar-refractivity contribution >= 4 is 11.6 Å². The minimum Gasteiger partial charge on any atom is -0.390 e. The second kappa shape index (κ2) is 3.65. The maximum atomic E-state index is 9.96. The Bertz CT molecular complexity index is 580. The molecule has 2 aromatic rings. The number of hydrogen-bond donors (Lipinski definition) is 1. The number of hydrogen-bond acceptors (Lipinski definition) is 5. The second-order valence-electron chi connectivity index (χ2n) is 5.48. The zero-order valence-electron chi connectivity index (χ0n) is 10.8. The number of rotatable bonds is 2. The van der Waals surface area contributed by atoms with Gasteiger partial charge in [0.25, 0.3) is 5.78 Å². The summed E-state index contributed by atoms with van der Waals surface area (Å²) in [6.45, 7) is 7.34. The minimum absolute atomic E-state index is 0.296. The molecule has 0 bridgehead atoms. The van der Waals surface area contributed by atoms with Crippen molar-refractivity contribution in [2.75, 3.05) is 18.0 Å². The molecule has 6 heteroatoms. The van der Waals surface area contributed by atoms with Gasteiger partial charge >= 0.3 is 0 Å². The highest BCUT2D eigenvalue weighted by Gasteiger charge is 2.38. The van der Waals surface area contributed by atoms with Crippen molar-refractivity contribution in [1.29, 1.82) is 0 Å². The summed E-state index contributed by atoms with van der Waals surface area (Å²) in [5, 5.41) is 14.1. The predicted octanol–water partition coefficient (Wildman–Crippen LogP) is 0.640. The third kappa shape index (κ3) is 1.73. The van der Waals surface area contributed by atoms with E-state index in [1.54, 1.807) is 4.52 Å². The molecule has 3 rings (SSSR count). The third-order valence-corrected chi connectivity index (χ3v) is 3.57. The Kier molecular flexibility index (Phi) is 2.31. The topological polar surface area (TPSA) is 66.5 Å². The van der Waals surface area contributed by atoms with E-state index in [4.69, 9.17) is 0 Å². The molecule has 2 aromatic heterocycles. The lowest BCUT2D eigenvalue weighted by atomic mass is 9.84. The summed E-state index contributed by atoms with van der Waals surface area (Å²) in [5.41, 5.74) is 0.303. The average Bonchev–Trinajstić information content (AvgIpc) is 2.59. The highest BCUT2D eigenvalue weighted by Crippen LogP contribution is 2.31. The zero-order valence-corrected chi connectivity index (χ0v) is 10.8. The van der Waals surface area contributed by atoms with E-state index in [9.17, 15) is 5.11 Å². The highest BCUT2D eigenvalue weighted by molar-refractivity contribution is 5.49. The van der Waals surface area contributed by atoms with E-state index in [2.05, 4.69) is 20.0 Å². The Morgan fingerprint density at radius 1 is 1.39 bits per heavy atom. The van der Waals surface area contributed by atoms with Crippen molar-refractivity contribution in [3.8, 4) is 0 Å². The summed E-state index contributed by atoms with van der Waals surface area (Å²) in [5.74, 6) is 1.91. The summed E-state index contributed by atoms with van der Waals surface area (Å²) in [4.78, 5) is 10.6. The third-order valence-electron chi connectivity index (χ3n) is 3.57. The van der Waals surface area contributed by atoms with Crippen molar-refractivity contribution in [1.82, 2.24) is 19.6 Å². The van der Waals surface area contributed by atoms with Gasteiger partial charge in [0.1, 0.15) is 12.1 Å². The molecule has 1 N–H and O–H groups in total. The van der Waals surface area contributed by atoms with Gasteiger partial charge in [-0.05, 0) is 20.8 Å². The standard InChI is InChI=1S/C12H17N5O/c1-8-4-10(17-11(15-8)13-7-14-17)16-5-9(6-16)12(2,3)18/h4,7,9,18H,5-6H2,1-3H3. The Balaban J connectivity index is 1.90. The highest BCUT2D eigenvalue weighted by atomic mass is 16.3.